The molecular weight excluding hydrogens is 200 g/mol. The van der Waals surface area contributed by atoms with Crippen LogP contribution in [0.1, 0.15) is 38.2 Å². The lowest BCUT2D eigenvalue weighted by molar-refractivity contribution is 0.631. The molecule has 0 aliphatic carbocycles. The van der Waals surface area contributed by atoms with Crippen LogP contribution in [0.5, 0.6) is 0 Å². The highest BCUT2D eigenvalue weighted by Crippen LogP contribution is 2.12. The zero-order valence-corrected chi connectivity index (χ0v) is 10.0. The van der Waals surface area contributed by atoms with Crippen LogP contribution >= 0.6 is 0 Å². The Bertz CT molecular complexity index is 314. The van der Waals surface area contributed by atoms with E-state index in [0.29, 0.717) is 12.0 Å². The fraction of sp³-hybridized carbons (Fsp3) is 0.667. The van der Waals surface area contributed by atoms with Gasteiger partial charge in [-0.25, -0.2) is 9.97 Å². The summed E-state index contributed by atoms with van der Waals surface area (Å²) in [5.74, 6) is 1.23. The molecule has 0 bridgehead atoms. The largest absolute Gasteiger partial charge is 0.353 e. The zero-order valence-electron chi connectivity index (χ0n) is 10.0. The van der Waals surface area contributed by atoms with Crippen molar-refractivity contribution < 1.29 is 0 Å². The molecule has 1 aliphatic rings. The minimum absolute atomic E-state index is 0.491. The van der Waals surface area contributed by atoms with E-state index < -0.39 is 0 Å². The van der Waals surface area contributed by atoms with E-state index in [2.05, 4.69) is 34.4 Å². The maximum absolute atomic E-state index is 4.31. The molecule has 0 aromatic carbocycles. The van der Waals surface area contributed by atoms with Gasteiger partial charge in [-0.3, -0.25) is 0 Å². The van der Waals surface area contributed by atoms with Crippen LogP contribution in [0.25, 0.3) is 0 Å². The van der Waals surface area contributed by atoms with Gasteiger partial charge < -0.3 is 10.6 Å². The second kappa shape index (κ2) is 5.25. The van der Waals surface area contributed by atoms with Gasteiger partial charge in [0.15, 0.2) is 0 Å². The molecule has 2 rings (SSSR count). The lowest BCUT2D eigenvalue weighted by atomic mass is 10.1. The topological polar surface area (TPSA) is 49.8 Å². The molecule has 1 unspecified atom stereocenters. The Kier molecular flexibility index (Phi) is 3.72. The Labute approximate surface area is 96.9 Å². The maximum atomic E-state index is 4.31. The summed E-state index contributed by atoms with van der Waals surface area (Å²) in [5.41, 5.74) is 1.18. The van der Waals surface area contributed by atoms with Crippen molar-refractivity contribution in [2.45, 2.75) is 38.6 Å². The third kappa shape index (κ3) is 2.92. The first kappa shape index (κ1) is 11.3. The standard InChI is InChI=1S/C12H20N4/c1-9(2)10-6-14-12(15-7-10)16-8-11-4-3-5-13-11/h6-7,9,11,13H,3-5,8H2,1-2H3,(H,14,15,16). The molecule has 1 aromatic heterocycles. The molecular formula is C12H20N4. The van der Waals surface area contributed by atoms with Gasteiger partial charge in [-0.15, -0.1) is 0 Å². The second-order valence-electron chi connectivity index (χ2n) is 4.67. The predicted octanol–water partition coefficient (Wildman–Crippen LogP) is 1.76. The SMILES string of the molecule is CC(C)c1cnc(NCC2CCCN2)nc1. The summed E-state index contributed by atoms with van der Waals surface area (Å²) in [7, 11) is 0. The number of rotatable bonds is 4. The van der Waals surface area contributed by atoms with Gasteiger partial charge in [0.25, 0.3) is 0 Å². The number of hydrogen-bond acceptors (Lipinski definition) is 4. The van der Waals surface area contributed by atoms with Crippen molar-refractivity contribution >= 4 is 5.95 Å². The van der Waals surface area contributed by atoms with Gasteiger partial charge in [-0.05, 0) is 30.9 Å². The fourth-order valence-electron chi connectivity index (χ4n) is 1.87. The zero-order chi connectivity index (χ0) is 11.4. The Morgan fingerprint density at radius 3 is 2.75 bits per heavy atom. The van der Waals surface area contributed by atoms with E-state index in [-0.39, 0.29) is 0 Å². The highest BCUT2D eigenvalue weighted by molar-refractivity contribution is 5.26. The molecule has 1 saturated heterocycles. The van der Waals surface area contributed by atoms with E-state index in [1.54, 1.807) is 0 Å². The van der Waals surface area contributed by atoms with Crippen LogP contribution in [0.2, 0.25) is 0 Å². The van der Waals surface area contributed by atoms with Crippen molar-refractivity contribution in [3.8, 4) is 0 Å². The maximum Gasteiger partial charge on any atom is 0.222 e. The van der Waals surface area contributed by atoms with Gasteiger partial charge in [-0.1, -0.05) is 13.8 Å². The lowest BCUT2D eigenvalue weighted by Gasteiger charge is -2.11. The third-order valence-electron chi connectivity index (χ3n) is 3.01. The summed E-state index contributed by atoms with van der Waals surface area (Å²) < 4.78 is 0. The van der Waals surface area contributed by atoms with E-state index in [1.807, 2.05) is 12.4 Å². The molecule has 1 atom stereocenters. The van der Waals surface area contributed by atoms with Crippen LogP contribution in [0.15, 0.2) is 12.4 Å². The summed E-state index contributed by atoms with van der Waals surface area (Å²) >= 11 is 0. The Balaban J connectivity index is 1.84. The molecule has 1 fully saturated rings. The van der Waals surface area contributed by atoms with E-state index in [9.17, 15) is 0 Å². The van der Waals surface area contributed by atoms with Gasteiger partial charge in [0.2, 0.25) is 5.95 Å². The molecule has 4 heteroatoms. The van der Waals surface area contributed by atoms with Crippen molar-refractivity contribution in [1.29, 1.82) is 0 Å². The summed E-state index contributed by atoms with van der Waals surface area (Å²) in [6, 6.07) is 0.577. The summed E-state index contributed by atoms with van der Waals surface area (Å²) in [6.07, 6.45) is 6.33. The van der Waals surface area contributed by atoms with E-state index in [1.165, 1.54) is 18.4 Å². The second-order valence-corrected chi connectivity index (χ2v) is 4.67. The number of aromatic nitrogens is 2. The molecule has 4 nitrogen and oxygen atoms in total. The minimum Gasteiger partial charge on any atom is -0.353 e. The molecule has 1 aromatic rings. The van der Waals surface area contributed by atoms with Gasteiger partial charge in [-0.2, -0.15) is 0 Å². The number of nitrogens with zero attached hydrogens (tertiary/aromatic N) is 2. The average Bonchev–Trinajstić information content (AvgIpc) is 2.80. The highest BCUT2D eigenvalue weighted by atomic mass is 15.1. The number of nitrogens with one attached hydrogen (secondary N) is 2. The van der Waals surface area contributed by atoms with Crippen LogP contribution in [0, 0.1) is 0 Å². The van der Waals surface area contributed by atoms with E-state index in [4.69, 9.17) is 0 Å². The van der Waals surface area contributed by atoms with Crippen LogP contribution < -0.4 is 10.6 Å². The Hall–Kier alpha value is -1.16. The minimum atomic E-state index is 0.491. The molecule has 16 heavy (non-hydrogen) atoms. The summed E-state index contributed by atoms with van der Waals surface area (Å²) in [5, 5.41) is 6.71. The Morgan fingerprint density at radius 2 is 2.19 bits per heavy atom. The molecule has 0 saturated carbocycles. The summed E-state index contributed by atoms with van der Waals surface area (Å²) in [4.78, 5) is 8.62. The smallest absolute Gasteiger partial charge is 0.222 e. The first-order chi connectivity index (χ1) is 7.75. The molecule has 2 N–H and O–H groups in total. The van der Waals surface area contributed by atoms with Crippen molar-refractivity contribution in [3.05, 3.63) is 18.0 Å². The van der Waals surface area contributed by atoms with Gasteiger partial charge >= 0.3 is 0 Å². The first-order valence-electron chi connectivity index (χ1n) is 6.05. The third-order valence-corrected chi connectivity index (χ3v) is 3.01. The number of hydrogen-bond donors (Lipinski definition) is 2. The summed E-state index contributed by atoms with van der Waals surface area (Å²) in [6.45, 7) is 6.35. The van der Waals surface area contributed by atoms with E-state index in [0.717, 1.165) is 19.0 Å². The molecule has 1 aliphatic heterocycles. The van der Waals surface area contributed by atoms with Crippen LogP contribution in [-0.4, -0.2) is 29.1 Å². The monoisotopic (exact) mass is 220 g/mol. The Morgan fingerprint density at radius 1 is 1.44 bits per heavy atom. The normalized spacial score (nSPS) is 20.3. The van der Waals surface area contributed by atoms with Gasteiger partial charge in [0.05, 0.1) is 0 Å². The van der Waals surface area contributed by atoms with Crippen LogP contribution in [0.4, 0.5) is 5.95 Å². The fourth-order valence-corrected chi connectivity index (χ4v) is 1.87. The first-order valence-corrected chi connectivity index (χ1v) is 6.05. The molecule has 0 spiro atoms. The average molecular weight is 220 g/mol. The molecule has 2 heterocycles. The molecule has 0 amide bonds. The van der Waals surface area contributed by atoms with E-state index >= 15 is 0 Å². The predicted molar refractivity (Wildman–Crippen MR) is 65.6 cm³/mol. The van der Waals surface area contributed by atoms with Crippen LogP contribution in [0.3, 0.4) is 0 Å². The van der Waals surface area contributed by atoms with Gasteiger partial charge in [0, 0.05) is 25.0 Å². The number of anilines is 1. The van der Waals surface area contributed by atoms with Crippen molar-refractivity contribution in [2.75, 3.05) is 18.4 Å². The van der Waals surface area contributed by atoms with Gasteiger partial charge in [0.1, 0.15) is 0 Å². The van der Waals surface area contributed by atoms with Crippen molar-refractivity contribution in [2.24, 2.45) is 0 Å². The lowest BCUT2D eigenvalue weighted by Crippen LogP contribution is -2.29. The quantitative estimate of drug-likeness (QED) is 0.812. The van der Waals surface area contributed by atoms with Crippen LogP contribution in [-0.2, 0) is 0 Å². The molecule has 88 valence electrons. The molecule has 0 radical (unpaired) electrons. The highest BCUT2D eigenvalue weighted by Gasteiger charge is 2.13. The van der Waals surface area contributed by atoms with Crippen molar-refractivity contribution in [3.63, 3.8) is 0 Å². The van der Waals surface area contributed by atoms with Crippen molar-refractivity contribution in [1.82, 2.24) is 15.3 Å².